The molecular weight excluding hydrogens is 353 g/mol. The number of benzene rings is 1. The molecule has 0 aliphatic rings. The lowest BCUT2D eigenvalue weighted by Gasteiger charge is -2.06. The number of furan rings is 1. The standard InChI is InChI=1S/C16H12FNO4S2/c17-12-4-1-2-6-15(12)24(20,21)18-10-11-7-8-14(23-11)16(19)13-5-3-9-22-13/h1-9,18H,10H2. The summed E-state index contributed by atoms with van der Waals surface area (Å²) in [6.45, 7) is -0.0350. The molecule has 124 valence electrons. The van der Waals surface area contributed by atoms with Crippen molar-refractivity contribution in [3.8, 4) is 0 Å². The summed E-state index contributed by atoms with van der Waals surface area (Å²) >= 11 is 1.15. The minimum atomic E-state index is -3.97. The number of sulfonamides is 1. The van der Waals surface area contributed by atoms with Crippen molar-refractivity contribution >= 4 is 27.1 Å². The average Bonchev–Trinajstić information content (AvgIpc) is 3.24. The Bertz CT molecular complexity index is 962. The van der Waals surface area contributed by atoms with Crippen molar-refractivity contribution in [2.75, 3.05) is 0 Å². The van der Waals surface area contributed by atoms with Crippen molar-refractivity contribution in [2.45, 2.75) is 11.4 Å². The molecule has 0 unspecified atom stereocenters. The summed E-state index contributed by atoms with van der Waals surface area (Å²) in [5, 5.41) is 0. The lowest BCUT2D eigenvalue weighted by atomic mass is 10.2. The molecule has 24 heavy (non-hydrogen) atoms. The Morgan fingerprint density at radius 1 is 1.12 bits per heavy atom. The summed E-state index contributed by atoms with van der Waals surface area (Å²) < 4.78 is 45.2. The van der Waals surface area contributed by atoms with Gasteiger partial charge in [0.1, 0.15) is 10.7 Å². The summed E-state index contributed by atoms with van der Waals surface area (Å²) in [5.41, 5.74) is 0. The zero-order chi connectivity index (χ0) is 17.2. The van der Waals surface area contributed by atoms with Gasteiger partial charge in [0, 0.05) is 11.4 Å². The quantitative estimate of drug-likeness (QED) is 0.681. The number of thiophene rings is 1. The first-order chi connectivity index (χ1) is 11.5. The fraction of sp³-hybridized carbons (Fsp3) is 0.0625. The third-order valence-electron chi connectivity index (χ3n) is 3.19. The van der Waals surface area contributed by atoms with Gasteiger partial charge in [0.15, 0.2) is 5.76 Å². The number of rotatable bonds is 6. The van der Waals surface area contributed by atoms with Gasteiger partial charge in [0.05, 0.1) is 11.1 Å². The number of hydrogen-bond acceptors (Lipinski definition) is 5. The minimum Gasteiger partial charge on any atom is -0.461 e. The van der Waals surface area contributed by atoms with Gasteiger partial charge >= 0.3 is 0 Å². The van der Waals surface area contributed by atoms with Gasteiger partial charge in [-0.3, -0.25) is 4.79 Å². The van der Waals surface area contributed by atoms with Crippen LogP contribution in [0.1, 0.15) is 20.3 Å². The van der Waals surface area contributed by atoms with E-state index in [1.54, 1.807) is 24.3 Å². The van der Waals surface area contributed by atoms with E-state index in [9.17, 15) is 17.6 Å². The number of halogens is 1. The van der Waals surface area contributed by atoms with Gasteiger partial charge in [0.25, 0.3) is 0 Å². The number of hydrogen-bond donors (Lipinski definition) is 1. The summed E-state index contributed by atoms with van der Waals surface area (Å²) in [7, 11) is -3.97. The first kappa shape index (κ1) is 16.6. The predicted molar refractivity (Wildman–Crippen MR) is 86.9 cm³/mol. The molecular formula is C16H12FNO4S2. The van der Waals surface area contributed by atoms with Gasteiger partial charge in [-0.25, -0.2) is 17.5 Å². The Labute approximate surface area is 141 Å². The van der Waals surface area contributed by atoms with E-state index >= 15 is 0 Å². The van der Waals surface area contributed by atoms with E-state index in [4.69, 9.17) is 4.42 Å². The third-order valence-corrected chi connectivity index (χ3v) is 5.71. The highest BCUT2D eigenvalue weighted by Gasteiger charge is 2.19. The molecule has 2 aromatic heterocycles. The molecule has 0 saturated heterocycles. The van der Waals surface area contributed by atoms with Crippen LogP contribution in [0.4, 0.5) is 4.39 Å². The number of nitrogens with one attached hydrogen (secondary N) is 1. The summed E-state index contributed by atoms with van der Waals surface area (Å²) in [6, 6.07) is 11.6. The second-order valence-electron chi connectivity index (χ2n) is 4.83. The molecule has 0 spiro atoms. The molecule has 0 radical (unpaired) electrons. The van der Waals surface area contributed by atoms with Gasteiger partial charge in [-0.05, 0) is 36.4 Å². The molecule has 0 aliphatic heterocycles. The van der Waals surface area contributed by atoms with Crippen LogP contribution in [0, 0.1) is 5.82 Å². The Kier molecular flexibility index (Phi) is 4.61. The van der Waals surface area contributed by atoms with E-state index in [1.807, 2.05) is 0 Å². The highest BCUT2D eigenvalue weighted by atomic mass is 32.2. The molecule has 3 rings (SSSR count). The van der Waals surface area contributed by atoms with Crippen LogP contribution < -0.4 is 4.72 Å². The molecule has 0 atom stereocenters. The Morgan fingerprint density at radius 3 is 2.62 bits per heavy atom. The number of carbonyl (C=O) groups is 1. The molecule has 8 heteroatoms. The van der Waals surface area contributed by atoms with Crippen molar-refractivity contribution in [3.05, 3.63) is 76.1 Å². The van der Waals surface area contributed by atoms with Crippen molar-refractivity contribution in [1.82, 2.24) is 4.72 Å². The molecule has 0 fully saturated rings. The van der Waals surface area contributed by atoms with Crippen LogP contribution in [0.15, 0.2) is 64.1 Å². The van der Waals surface area contributed by atoms with Crippen molar-refractivity contribution in [2.24, 2.45) is 0 Å². The molecule has 5 nitrogen and oxygen atoms in total. The fourth-order valence-corrected chi connectivity index (χ4v) is 4.10. The number of carbonyl (C=O) groups excluding carboxylic acids is 1. The van der Waals surface area contributed by atoms with E-state index in [1.165, 1.54) is 24.5 Å². The summed E-state index contributed by atoms with van der Waals surface area (Å²) in [6.07, 6.45) is 1.41. The second-order valence-corrected chi connectivity index (χ2v) is 7.73. The topological polar surface area (TPSA) is 76.4 Å². The normalized spacial score (nSPS) is 11.5. The van der Waals surface area contributed by atoms with Crippen LogP contribution in [0.25, 0.3) is 0 Å². The molecule has 3 aromatic rings. The van der Waals surface area contributed by atoms with Crippen molar-refractivity contribution in [1.29, 1.82) is 0 Å². The monoisotopic (exact) mass is 365 g/mol. The highest BCUT2D eigenvalue weighted by molar-refractivity contribution is 7.89. The molecule has 0 saturated carbocycles. The zero-order valence-corrected chi connectivity index (χ0v) is 13.9. The van der Waals surface area contributed by atoms with Gasteiger partial charge in [-0.2, -0.15) is 0 Å². The van der Waals surface area contributed by atoms with Crippen LogP contribution in [-0.4, -0.2) is 14.2 Å². The first-order valence-electron chi connectivity index (χ1n) is 6.88. The smallest absolute Gasteiger partial charge is 0.243 e. The summed E-state index contributed by atoms with van der Waals surface area (Å²) in [4.78, 5) is 12.8. The van der Waals surface area contributed by atoms with Crippen LogP contribution in [0.3, 0.4) is 0 Å². The predicted octanol–water partition coefficient (Wildman–Crippen LogP) is 3.19. The molecule has 1 N–H and O–H groups in total. The maximum Gasteiger partial charge on any atom is 0.243 e. The average molecular weight is 365 g/mol. The SMILES string of the molecule is O=C(c1ccco1)c1ccc(CNS(=O)(=O)c2ccccc2F)s1. The maximum atomic E-state index is 13.6. The minimum absolute atomic E-state index is 0.0350. The Balaban J connectivity index is 1.72. The van der Waals surface area contributed by atoms with Crippen molar-refractivity contribution in [3.63, 3.8) is 0 Å². The van der Waals surface area contributed by atoms with Crippen LogP contribution in [0.2, 0.25) is 0 Å². The lowest BCUT2D eigenvalue weighted by molar-refractivity contribution is 0.101. The third kappa shape index (κ3) is 3.45. The molecule has 1 aromatic carbocycles. The summed E-state index contributed by atoms with van der Waals surface area (Å²) in [5.74, 6) is -0.867. The molecule has 0 bridgehead atoms. The maximum absolute atomic E-state index is 13.6. The highest BCUT2D eigenvalue weighted by Crippen LogP contribution is 2.21. The van der Waals surface area contributed by atoms with Gasteiger partial charge in [-0.1, -0.05) is 12.1 Å². The molecule has 0 aliphatic carbocycles. The lowest BCUT2D eigenvalue weighted by Crippen LogP contribution is -2.23. The van der Waals surface area contributed by atoms with Crippen molar-refractivity contribution < 1.29 is 22.0 Å². The second kappa shape index (κ2) is 6.68. The van der Waals surface area contributed by atoms with E-state index < -0.39 is 20.7 Å². The largest absolute Gasteiger partial charge is 0.461 e. The van der Waals surface area contributed by atoms with Gasteiger partial charge in [-0.15, -0.1) is 11.3 Å². The van der Waals surface area contributed by atoms with Crippen LogP contribution in [0.5, 0.6) is 0 Å². The zero-order valence-electron chi connectivity index (χ0n) is 12.2. The van der Waals surface area contributed by atoms with E-state index in [0.29, 0.717) is 9.75 Å². The fourth-order valence-electron chi connectivity index (χ4n) is 2.03. The van der Waals surface area contributed by atoms with Gasteiger partial charge < -0.3 is 4.42 Å². The number of ketones is 1. The van der Waals surface area contributed by atoms with Gasteiger partial charge in [0.2, 0.25) is 15.8 Å². The van der Waals surface area contributed by atoms with E-state index in [-0.39, 0.29) is 18.1 Å². The molecule has 0 amide bonds. The Morgan fingerprint density at radius 2 is 1.92 bits per heavy atom. The van der Waals surface area contributed by atoms with Crippen LogP contribution >= 0.6 is 11.3 Å². The first-order valence-corrected chi connectivity index (χ1v) is 9.18. The van der Waals surface area contributed by atoms with E-state index in [2.05, 4.69) is 4.72 Å². The Hall–Kier alpha value is -2.29. The van der Waals surface area contributed by atoms with E-state index in [0.717, 1.165) is 17.4 Å². The molecule has 2 heterocycles. The van der Waals surface area contributed by atoms with Crippen LogP contribution in [-0.2, 0) is 16.6 Å².